The topological polar surface area (TPSA) is 301 Å². The van der Waals surface area contributed by atoms with Gasteiger partial charge in [0, 0.05) is 23.9 Å². The summed E-state index contributed by atoms with van der Waals surface area (Å²) >= 11 is 1.09. The van der Waals surface area contributed by atoms with Gasteiger partial charge in [0.25, 0.3) is 5.91 Å². The standard InChI is InChI=1S/C27H31N7O14S2/c1-12(35)47-9-14-11-49-22-18(21(37)34(22)19(14)24(40)41)30-20(36)17(31-25(42)32-7-8-33(27(32)44)50(2,45)46)13-3-5-15(6-4-13)29-26(43)48-10-16(28)23(38)39/h3-6,16-18,22H,7-11,28H2,1-2H3,(H,29,43)(H,30,36)(H,31,42)(H,38,39)(H,40,41)/t16-,17-,18-,22+/m1/s1. The fourth-order valence-corrected chi connectivity index (χ4v) is 7.01. The number of imide groups is 1. The zero-order valence-electron chi connectivity index (χ0n) is 26.2. The van der Waals surface area contributed by atoms with E-state index >= 15 is 0 Å². The fourth-order valence-electron chi connectivity index (χ4n) is 4.88. The van der Waals surface area contributed by atoms with Crippen LogP contribution in [-0.2, 0) is 43.5 Å². The third-order valence-electron chi connectivity index (χ3n) is 7.35. The van der Waals surface area contributed by atoms with Gasteiger partial charge in [-0.15, -0.1) is 11.8 Å². The molecule has 3 aliphatic heterocycles. The van der Waals surface area contributed by atoms with E-state index in [9.17, 15) is 51.9 Å². The van der Waals surface area contributed by atoms with Crippen molar-refractivity contribution in [2.75, 3.05) is 43.6 Å². The van der Waals surface area contributed by atoms with E-state index in [0.717, 1.165) is 29.8 Å². The first kappa shape index (κ1) is 37.4. The number of urea groups is 2. The average Bonchev–Trinajstić information content (AvgIpc) is 3.45. The number of carboxylic acids is 2. The third kappa shape index (κ3) is 8.23. The van der Waals surface area contributed by atoms with Gasteiger partial charge in [-0.3, -0.25) is 29.4 Å². The number of nitrogens with one attached hydrogen (secondary N) is 3. The number of benzene rings is 1. The lowest BCUT2D eigenvalue weighted by Crippen LogP contribution is -2.71. The van der Waals surface area contributed by atoms with Crippen molar-refractivity contribution < 1.29 is 66.5 Å². The first-order chi connectivity index (χ1) is 23.4. The summed E-state index contributed by atoms with van der Waals surface area (Å²) < 4.78 is 34.0. The normalized spacial score (nSPS) is 19.9. The molecule has 0 saturated carbocycles. The average molecular weight is 742 g/mol. The maximum absolute atomic E-state index is 13.7. The molecule has 7 N–H and O–H groups in total. The quantitative estimate of drug-likeness (QED) is 0.104. The van der Waals surface area contributed by atoms with Crippen molar-refractivity contribution in [3.8, 4) is 0 Å². The molecule has 50 heavy (non-hydrogen) atoms. The molecule has 3 heterocycles. The largest absolute Gasteiger partial charge is 0.480 e. The Balaban J connectivity index is 1.54. The van der Waals surface area contributed by atoms with Crippen molar-refractivity contribution in [2.45, 2.75) is 30.4 Å². The summed E-state index contributed by atoms with van der Waals surface area (Å²) in [6.45, 7) is -0.531. The van der Waals surface area contributed by atoms with Crippen molar-refractivity contribution in [1.82, 2.24) is 24.7 Å². The lowest BCUT2D eigenvalue weighted by Gasteiger charge is -2.49. The number of nitrogens with two attached hydrogens (primary N) is 1. The van der Waals surface area contributed by atoms with Crippen LogP contribution in [-0.4, -0.2) is 136 Å². The van der Waals surface area contributed by atoms with Crippen LogP contribution in [0.3, 0.4) is 0 Å². The second kappa shape index (κ2) is 15.0. The molecule has 2 saturated heterocycles. The van der Waals surface area contributed by atoms with E-state index in [1.807, 2.05) is 0 Å². The Kier molecular flexibility index (Phi) is 11.2. The smallest absolute Gasteiger partial charge is 0.411 e. The lowest BCUT2D eigenvalue weighted by molar-refractivity contribution is -0.151. The van der Waals surface area contributed by atoms with Gasteiger partial charge in [-0.25, -0.2) is 36.8 Å². The molecule has 4 rings (SSSR count). The Morgan fingerprint density at radius 2 is 1.72 bits per heavy atom. The number of anilines is 1. The zero-order valence-corrected chi connectivity index (χ0v) is 27.8. The highest BCUT2D eigenvalue weighted by Crippen LogP contribution is 2.40. The Morgan fingerprint density at radius 3 is 2.28 bits per heavy atom. The third-order valence-corrected chi connectivity index (χ3v) is 9.82. The minimum absolute atomic E-state index is 0.0446. The van der Waals surface area contributed by atoms with Crippen LogP contribution in [0.25, 0.3) is 0 Å². The maximum atomic E-state index is 13.7. The van der Waals surface area contributed by atoms with E-state index in [0.29, 0.717) is 9.21 Å². The lowest BCUT2D eigenvalue weighted by atomic mass is 10.0. The number of amides is 7. The van der Waals surface area contributed by atoms with Crippen LogP contribution >= 0.6 is 11.8 Å². The predicted molar refractivity (Wildman–Crippen MR) is 168 cm³/mol. The van der Waals surface area contributed by atoms with Crippen LogP contribution < -0.4 is 21.7 Å². The SMILES string of the molecule is CC(=O)OCC1=C(C(=O)O)N2C(=O)[C@@H](NC(=O)[C@H](NC(=O)N3CCN(S(C)(=O)=O)C3=O)c3ccc(NC(=O)OC[C@@H](N)C(=O)O)cc3)[C@@H]2SC1. The number of carbonyl (C=O) groups is 8. The number of aliphatic carboxylic acids is 2. The molecule has 21 nitrogen and oxygen atoms in total. The monoisotopic (exact) mass is 741 g/mol. The van der Waals surface area contributed by atoms with E-state index in [1.54, 1.807) is 0 Å². The Labute approximate surface area is 287 Å². The molecule has 1 aromatic rings. The summed E-state index contributed by atoms with van der Waals surface area (Å²) in [5.41, 5.74) is 5.23. The number of thioether (sulfide) groups is 1. The molecule has 3 aliphatic rings. The van der Waals surface area contributed by atoms with Gasteiger partial charge in [0.15, 0.2) is 0 Å². The van der Waals surface area contributed by atoms with E-state index in [4.69, 9.17) is 20.3 Å². The number of fused-ring (bicyclic) bond motifs is 1. The highest BCUT2D eigenvalue weighted by Gasteiger charge is 2.54. The molecule has 0 spiro atoms. The first-order valence-corrected chi connectivity index (χ1v) is 17.3. The van der Waals surface area contributed by atoms with Crippen molar-refractivity contribution >= 4 is 75.4 Å². The molecule has 1 aromatic carbocycles. The molecule has 0 bridgehead atoms. The van der Waals surface area contributed by atoms with Gasteiger partial charge in [-0.1, -0.05) is 12.1 Å². The first-order valence-electron chi connectivity index (χ1n) is 14.4. The predicted octanol–water partition coefficient (Wildman–Crippen LogP) is -1.60. The van der Waals surface area contributed by atoms with Gasteiger partial charge in [-0.2, -0.15) is 0 Å². The Bertz CT molecular complexity index is 1770. The Hall–Kier alpha value is -5.42. The number of nitrogens with zero attached hydrogens (tertiary/aromatic N) is 3. The van der Waals surface area contributed by atoms with Gasteiger partial charge in [0.1, 0.15) is 42.4 Å². The van der Waals surface area contributed by atoms with Crippen LogP contribution in [0.1, 0.15) is 18.5 Å². The second-order valence-electron chi connectivity index (χ2n) is 10.9. The van der Waals surface area contributed by atoms with E-state index in [2.05, 4.69) is 16.0 Å². The van der Waals surface area contributed by atoms with Crippen LogP contribution in [0.4, 0.5) is 20.1 Å². The highest BCUT2D eigenvalue weighted by atomic mass is 32.2. The van der Waals surface area contributed by atoms with E-state index < -0.39 is 93.7 Å². The van der Waals surface area contributed by atoms with Gasteiger partial charge >= 0.3 is 36.1 Å². The van der Waals surface area contributed by atoms with Crippen molar-refractivity contribution in [1.29, 1.82) is 0 Å². The molecule has 0 unspecified atom stereocenters. The van der Waals surface area contributed by atoms with Crippen molar-refractivity contribution in [3.63, 3.8) is 0 Å². The summed E-state index contributed by atoms with van der Waals surface area (Å²) in [5, 5.41) is 24.9. The summed E-state index contributed by atoms with van der Waals surface area (Å²) in [6.07, 6.45) is -0.273. The van der Waals surface area contributed by atoms with Gasteiger partial charge in [0.2, 0.25) is 15.9 Å². The van der Waals surface area contributed by atoms with Crippen LogP contribution in [0.5, 0.6) is 0 Å². The minimum Gasteiger partial charge on any atom is -0.480 e. The van der Waals surface area contributed by atoms with Crippen LogP contribution in [0.15, 0.2) is 35.5 Å². The minimum atomic E-state index is -4.01. The number of esters is 1. The number of β-lactam (4-membered cyclic amide) rings is 1. The van der Waals surface area contributed by atoms with Gasteiger partial charge < -0.3 is 36.1 Å². The number of rotatable bonds is 12. The molecule has 0 radical (unpaired) electrons. The maximum Gasteiger partial charge on any atom is 0.411 e. The summed E-state index contributed by atoms with van der Waals surface area (Å²) in [6, 6.07) is -1.52. The number of carboxylic acid groups (broad SMARTS) is 2. The molecule has 7 amide bonds. The molecular formula is C27H31N7O14S2. The summed E-state index contributed by atoms with van der Waals surface area (Å²) in [4.78, 5) is 100. The Morgan fingerprint density at radius 1 is 1.06 bits per heavy atom. The molecule has 4 atom stereocenters. The van der Waals surface area contributed by atoms with Crippen molar-refractivity contribution in [2.24, 2.45) is 5.73 Å². The zero-order chi connectivity index (χ0) is 37.1. The van der Waals surface area contributed by atoms with Crippen molar-refractivity contribution in [3.05, 3.63) is 41.1 Å². The fraction of sp³-hybridized carbons (Fsp3) is 0.407. The summed E-state index contributed by atoms with van der Waals surface area (Å²) in [7, 11) is -4.01. The molecule has 0 aromatic heterocycles. The van der Waals surface area contributed by atoms with E-state index in [-0.39, 0.29) is 42.3 Å². The molecule has 270 valence electrons. The number of carbonyl (C=O) groups excluding carboxylic acids is 6. The molecule has 2 fully saturated rings. The molecule has 23 heteroatoms. The molecular weight excluding hydrogens is 710 g/mol. The van der Waals surface area contributed by atoms with Gasteiger partial charge in [-0.05, 0) is 17.7 Å². The number of ether oxygens (including phenoxy) is 2. The van der Waals surface area contributed by atoms with Crippen LogP contribution in [0.2, 0.25) is 0 Å². The molecule has 0 aliphatic carbocycles. The summed E-state index contributed by atoms with van der Waals surface area (Å²) in [5.74, 6) is -5.25. The number of hydrogen-bond acceptors (Lipinski definition) is 14. The van der Waals surface area contributed by atoms with E-state index in [1.165, 1.54) is 24.3 Å². The van der Waals surface area contributed by atoms with Gasteiger partial charge in [0.05, 0.1) is 19.3 Å². The highest BCUT2D eigenvalue weighted by molar-refractivity contribution is 8.00. The number of sulfonamides is 1. The number of hydrogen-bond donors (Lipinski definition) is 6. The van der Waals surface area contributed by atoms with Crippen LogP contribution in [0, 0.1) is 0 Å². The second-order valence-corrected chi connectivity index (χ2v) is 13.9.